The highest BCUT2D eigenvalue weighted by atomic mass is 35.5. The van der Waals surface area contributed by atoms with E-state index in [0.29, 0.717) is 29.8 Å². The average Bonchev–Trinajstić information content (AvgIpc) is 3.19. The molecule has 8 heteroatoms. The van der Waals surface area contributed by atoms with Crippen molar-refractivity contribution in [1.82, 2.24) is 15.1 Å². The molecule has 4 atom stereocenters. The van der Waals surface area contributed by atoms with Crippen LogP contribution in [0.3, 0.4) is 0 Å². The molecular formula is C31H36ClN3O4. The molecule has 1 aliphatic carbocycles. The topological polar surface area (TPSA) is 86.8 Å². The van der Waals surface area contributed by atoms with Crippen molar-refractivity contribution < 1.29 is 19.2 Å². The Morgan fingerprint density at radius 2 is 1.62 bits per heavy atom. The Labute approximate surface area is 235 Å². The van der Waals surface area contributed by atoms with Crippen molar-refractivity contribution in [2.75, 3.05) is 6.54 Å². The third-order valence-corrected chi connectivity index (χ3v) is 8.09. The van der Waals surface area contributed by atoms with Crippen LogP contribution in [0.5, 0.6) is 0 Å². The van der Waals surface area contributed by atoms with Crippen LogP contribution in [0.4, 0.5) is 0 Å². The largest absolute Gasteiger partial charge is 0.352 e. The second kappa shape index (κ2) is 13.1. The van der Waals surface area contributed by atoms with Crippen molar-refractivity contribution in [3.8, 4) is 0 Å². The number of rotatable bonds is 11. The molecule has 206 valence electrons. The molecule has 0 unspecified atom stereocenters. The molecule has 1 fully saturated rings. The van der Waals surface area contributed by atoms with E-state index in [1.54, 1.807) is 11.0 Å². The molecule has 0 saturated carbocycles. The average molecular weight is 550 g/mol. The Hall–Kier alpha value is -3.45. The third-order valence-electron chi connectivity index (χ3n) is 7.72. The smallest absolute Gasteiger partial charge is 0.243 e. The lowest BCUT2D eigenvalue weighted by Crippen LogP contribution is -2.52. The van der Waals surface area contributed by atoms with E-state index in [1.807, 2.05) is 74.5 Å². The zero-order valence-electron chi connectivity index (χ0n) is 22.5. The van der Waals surface area contributed by atoms with Gasteiger partial charge in [0.2, 0.25) is 23.6 Å². The maximum Gasteiger partial charge on any atom is 0.243 e. The molecule has 1 heterocycles. The summed E-state index contributed by atoms with van der Waals surface area (Å²) in [7, 11) is 0. The fraction of sp³-hybridized carbons (Fsp3) is 0.419. The molecule has 2 aromatic rings. The number of nitrogens with one attached hydrogen (secondary N) is 1. The quantitative estimate of drug-likeness (QED) is 0.329. The number of likely N-dealkylation sites (tertiary alicyclic amines) is 1. The first-order valence-corrected chi connectivity index (χ1v) is 14.0. The van der Waals surface area contributed by atoms with Crippen LogP contribution in [-0.2, 0) is 32.1 Å². The van der Waals surface area contributed by atoms with Crippen LogP contribution < -0.4 is 5.32 Å². The van der Waals surface area contributed by atoms with E-state index in [1.165, 1.54) is 4.90 Å². The highest BCUT2D eigenvalue weighted by molar-refractivity contribution is 6.31. The maximum absolute atomic E-state index is 13.9. The number of benzene rings is 2. The van der Waals surface area contributed by atoms with E-state index in [-0.39, 0.29) is 61.0 Å². The van der Waals surface area contributed by atoms with E-state index in [0.717, 1.165) is 12.0 Å². The summed E-state index contributed by atoms with van der Waals surface area (Å²) < 4.78 is 0. The van der Waals surface area contributed by atoms with Gasteiger partial charge in [0.1, 0.15) is 6.04 Å². The van der Waals surface area contributed by atoms with Gasteiger partial charge in [-0.25, -0.2) is 0 Å². The monoisotopic (exact) mass is 549 g/mol. The van der Waals surface area contributed by atoms with Gasteiger partial charge in [0.05, 0.1) is 11.8 Å². The second-order valence-electron chi connectivity index (χ2n) is 10.4. The number of hydrogen-bond donors (Lipinski definition) is 1. The van der Waals surface area contributed by atoms with Gasteiger partial charge in [0.15, 0.2) is 0 Å². The van der Waals surface area contributed by atoms with Crippen molar-refractivity contribution in [3.63, 3.8) is 0 Å². The van der Waals surface area contributed by atoms with E-state index in [9.17, 15) is 19.2 Å². The second-order valence-corrected chi connectivity index (χ2v) is 10.8. The van der Waals surface area contributed by atoms with Gasteiger partial charge < -0.3 is 10.2 Å². The number of allylic oxidation sites excluding steroid dienone is 2. The molecule has 1 saturated heterocycles. The van der Waals surface area contributed by atoms with Crippen LogP contribution in [0.2, 0.25) is 5.02 Å². The van der Waals surface area contributed by atoms with Gasteiger partial charge in [-0.05, 0) is 43.4 Å². The lowest BCUT2D eigenvalue weighted by atomic mass is 9.85. The van der Waals surface area contributed by atoms with Crippen molar-refractivity contribution in [1.29, 1.82) is 0 Å². The van der Waals surface area contributed by atoms with E-state index in [2.05, 4.69) is 5.32 Å². The van der Waals surface area contributed by atoms with Gasteiger partial charge in [-0.3, -0.25) is 24.1 Å². The summed E-state index contributed by atoms with van der Waals surface area (Å²) in [5, 5.41) is 3.54. The van der Waals surface area contributed by atoms with Gasteiger partial charge in [0, 0.05) is 37.0 Å². The van der Waals surface area contributed by atoms with Crippen LogP contribution >= 0.6 is 11.6 Å². The van der Waals surface area contributed by atoms with E-state index >= 15 is 0 Å². The van der Waals surface area contributed by atoms with Crippen LogP contribution in [0.1, 0.15) is 50.7 Å². The Balaban J connectivity index is 1.60. The maximum atomic E-state index is 13.9. The van der Waals surface area contributed by atoms with Crippen LogP contribution in [0.25, 0.3) is 0 Å². The normalized spacial score (nSPS) is 19.9. The third kappa shape index (κ3) is 6.77. The van der Waals surface area contributed by atoms with Crippen molar-refractivity contribution in [3.05, 3.63) is 82.9 Å². The lowest BCUT2D eigenvalue weighted by molar-refractivity contribution is -0.144. The van der Waals surface area contributed by atoms with Crippen LogP contribution in [0, 0.1) is 11.8 Å². The first-order valence-electron chi connectivity index (χ1n) is 13.7. The Bertz CT molecular complexity index is 1210. The van der Waals surface area contributed by atoms with Gasteiger partial charge in [-0.1, -0.05) is 79.2 Å². The molecule has 0 aromatic heterocycles. The molecule has 7 nitrogen and oxygen atoms in total. The highest BCUT2D eigenvalue weighted by Gasteiger charge is 2.47. The minimum Gasteiger partial charge on any atom is -0.352 e. The summed E-state index contributed by atoms with van der Waals surface area (Å²) in [5.74, 6) is -1.68. The number of nitrogens with zero attached hydrogens (tertiary/aromatic N) is 2. The first-order chi connectivity index (χ1) is 18.8. The molecule has 0 bridgehead atoms. The summed E-state index contributed by atoms with van der Waals surface area (Å²) in [6, 6.07) is 15.9. The number of amides is 4. The fourth-order valence-electron chi connectivity index (χ4n) is 5.25. The number of hydrogen-bond acceptors (Lipinski definition) is 4. The molecular weight excluding hydrogens is 514 g/mol. The Morgan fingerprint density at radius 1 is 1.00 bits per heavy atom. The standard InChI is InChI=1S/C31H36ClN3O4/c1-3-21(2)33-29(37)27(19-22-11-5-4-6-12-22)35(20-23-13-7-10-16-26(23)32)28(36)17-18-34-30(38)24-14-8-9-15-25(24)31(34)39/h4-13,16,21,24-25,27H,3,14-15,17-20H2,1-2H3,(H,33,37)/t21-,24-,25+,27-/m0/s1. The number of fused-ring (bicyclic) bond motifs is 1. The summed E-state index contributed by atoms with van der Waals surface area (Å²) >= 11 is 6.47. The molecule has 0 spiro atoms. The zero-order chi connectivity index (χ0) is 27.9. The molecule has 1 aliphatic heterocycles. The van der Waals surface area contributed by atoms with E-state index in [4.69, 9.17) is 11.6 Å². The minimum absolute atomic E-state index is 0.00639. The zero-order valence-corrected chi connectivity index (χ0v) is 23.3. The predicted molar refractivity (Wildman–Crippen MR) is 151 cm³/mol. The molecule has 4 rings (SSSR count). The van der Waals surface area contributed by atoms with Crippen molar-refractivity contribution in [2.45, 2.75) is 64.6 Å². The number of halogens is 1. The number of imide groups is 1. The minimum atomic E-state index is -0.804. The first kappa shape index (κ1) is 28.6. The summed E-state index contributed by atoms with van der Waals surface area (Å²) in [4.78, 5) is 56.2. The summed E-state index contributed by atoms with van der Waals surface area (Å²) in [6.45, 7) is 4.03. The van der Waals surface area contributed by atoms with E-state index < -0.39 is 6.04 Å². The number of carbonyl (C=O) groups excluding carboxylic acids is 4. The molecule has 1 N–H and O–H groups in total. The molecule has 39 heavy (non-hydrogen) atoms. The van der Waals surface area contributed by atoms with Gasteiger partial charge in [0.25, 0.3) is 0 Å². The predicted octanol–water partition coefficient (Wildman–Crippen LogP) is 4.54. The van der Waals surface area contributed by atoms with Crippen LogP contribution in [-0.4, -0.2) is 52.1 Å². The molecule has 4 amide bonds. The summed E-state index contributed by atoms with van der Waals surface area (Å²) in [5.41, 5.74) is 1.63. The highest BCUT2D eigenvalue weighted by Crippen LogP contribution is 2.35. The molecule has 2 aliphatic rings. The van der Waals surface area contributed by atoms with Crippen LogP contribution in [0.15, 0.2) is 66.7 Å². The lowest BCUT2D eigenvalue weighted by Gasteiger charge is -2.33. The fourth-order valence-corrected chi connectivity index (χ4v) is 5.44. The Kier molecular flexibility index (Phi) is 9.57. The van der Waals surface area contributed by atoms with Gasteiger partial charge >= 0.3 is 0 Å². The Morgan fingerprint density at radius 3 is 2.23 bits per heavy atom. The molecule has 0 radical (unpaired) electrons. The number of carbonyl (C=O) groups is 4. The SMILES string of the molecule is CC[C@H](C)NC(=O)[C@H](Cc1ccccc1)N(Cc1ccccc1Cl)C(=O)CCN1C(=O)[C@H]2CC=CC[C@H]2C1=O. The molecule has 2 aromatic carbocycles. The van der Waals surface area contributed by atoms with Gasteiger partial charge in [-0.2, -0.15) is 0 Å². The van der Waals surface area contributed by atoms with Gasteiger partial charge in [-0.15, -0.1) is 0 Å². The summed E-state index contributed by atoms with van der Waals surface area (Å²) in [6.07, 6.45) is 5.97. The van der Waals surface area contributed by atoms with Crippen molar-refractivity contribution in [2.24, 2.45) is 11.8 Å². The van der Waals surface area contributed by atoms with Crippen molar-refractivity contribution >= 4 is 35.2 Å².